The minimum absolute atomic E-state index is 0.00172. The largest absolute Gasteiger partial charge is 0.497 e. The van der Waals surface area contributed by atoms with Crippen LogP contribution in [-0.2, 0) is 28.8 Å². The number of nitrogens with zero attached hydrogens (tertiary/aromatic N) is 2. The average Bonchev–Trinajstić information content (AvgIpc) is 3.49. The number of amides is 3. The molecule has 1 saturated heterocycles. The zero-order valence-electron chi connectivity index (χ0n) is 27.1. The van der Waals surface area contributed by atoms with Crippen molar-refractivity contribution in [3.8, 4) is 11.6 Å². The summed E-state index contributed by atoms with van der Waals surface area (Å²) in [6, 6.07) is 5.83. The van der Waals surface area contributed by atoms with E-state index in [1.54, 1.807) is 52.0 Å². The summed E-state index contributed by atoms with van der Waals surface area (Å²) in [4.78, 5) is 45.8. The highest BCUT2D eigenvalue weighted by atomic mass is 32.2. The van der Waals surface area contributed by atoms with Crippen molar-refractivity contribution in [2.45, 2.75) is 95.9 Å². The molecule has 2 aromatic rings. The third kappa shape index (κ3) is 8.00. The third-order valence-corrected chi connectivity index (χ3v) is 9.05. The predicted molar refractivity (Wildman–Crippen MR) is 162 cm³/mol. The van der Waals surface area contributed by atoms with Crippen molar-refractivity contribution in [2.75, 3.05) is 13.7 Å². The van der Waals surface area contributed by atoms with E-state index in [1.165, 1.54) is 18.0 Å². The maximum absolute atomic E-state index is 13.8. The van der Waals surface area contributed by atoms with E-state index in [4.69, 9.17) is 14.2 Å². The van der Waals surface area contributed by atoms with Gasteiger partial charge in [0.15, 0.2) is 5.60 Å². The minimum Gasteiger partial charge on any atom is -0.497 e. The molecule has 0 spiro atoms. The molecule has 1 saturated carbocycles. The van der Waals surface area contributed by atoms with E-state index in [0.717, 1.165) is 10.3 Å². The van der Waals surface area contributed by atoms with Crippen molar-refractivity contribution in [2.24, 2.45) is 5.92 Å². The molecule has 13 nitrogen and oxygen atoms in total. The molecule has 2 aliphatic rings. The second-order valence-electron chi connectivity index (χ2n) is 13.1. The van der Waals surface area contributed by atoms with Crippen LogP contribution in [0.3, 0.4) is 0 Å². The molecule has 1 aliphatic carbocycles. The van der Waals surface area contributed by atoms with Gasteiger partial charge in [-0.15, -0.1) is 0 Å². The number of carbonyl (C=O) groups is 3. The lowest BCUT2D eigenvalue weighted by molar-refractivity contribution is -0.233. The Morgan fingerprint density at radius 3 is 2.36 bits per heavy atom. The zero-order valence-corrected chi connectivity index (χ0v) is 27.9. The van der Waals surface area contributed by atoms with Gasteiger partial charge in [-0.2, -0.15) is 21.6 Å². The molecular weight excluding hydrogens is 649 g/mol. The van der Waals surface area contributed by atoms with Gasteiger partial charge in [0.2, 0.25) is 11.8 Å². The molecule has 47 heavy (non-hydrogen) atoms. The van der Waals surface area contributed by atoms with Crippen LogP contribution in [0, 0.1) is 5.92 Å². The van der Waals surface area contributed by atoms with Crippen molar-refractivity contribution in [3.63, 3.8) is 0 Å². The minimum atomic E-state index is -5.25. The van der Waals surface area contributed by atoms with Gasteiger partial charge in [-0.25, -0.2) is 18.7 Å². The van der Waals surface area contributed by atoms with Crippen molar-refractivity contribution in [1.29, 1.82) is 0 Å². The number of methoxy groups -OCH3 is 1. The Bertz CT molecular complexity index is 1650. The molecule has 1 aromatic heterocycles. The van der Waals surface area contributed by atoms with Gasteiger partial charge in [0, 0.05) is 18.0 Å². The smallest absolute Gasteiger partial charge is 0.418 e. The van der Waals surface area contributed by atoms with Crippen LogP contribution in [0.25, 0.3) is 10.8 Å². The number of alkyl halides is 3. The van der Waals surface area contributed by atoms with Gasteiger partial charge in [-0.05, 0) is 76.6 Å². The maximum atomic E-state index is 13.8. The Morgan fingerprint density at radius 1 is 1.11 bits per heavy atom. The van der Waals surface area contributed by atoms with Crippen LogP contribution in [0.15, 0.2) is 30.5 Å². The Labute approximate surface area is 270 Å². The van der Waals surface area contributed by atoms with Crippen molar-refractivity contribution < 1.29 is 54.4 Å². The first-order chi connectivity index (χ1) is 21.6. The number of hydrogen-bond donors (Lipinski definition) is 2. The molecule has 1 aromatic carbocycles. The lowest BCUT2D eigenvalue weighted by Gasteiger charge is -2.29. The molecule has 2 fully saturated rings. The van der Waals surface area contributed by atoms with E-state index in [2.05, 4.69) is 14.5 Å². The Hall–Kier alpha value is -3.86. The summed E-state index contributed by atoms with van der Waals surface area (Å²) >= 11 is 0. The number of ether oxygens (including phenoxy) is 3. The number of likely N-dealkylation sites (tertiary alicyclic amines) is 1. The van der Waals surface area contributed by atoms with E-state index < -0.39 is 69.2 Å². The molecule has 4 rings (SSSR count). The van der Waals surface area contributed by atoms with Crippen LogP contribution in [-0.4, -0.2) is 84.9 Å². The Balaban J connectivity index is 1.56. The molecule has 3 amide bonds. The van der Waals surface area contributed by atoms with Crippen LogP contribution in [0.4, 0.5) is 18.0 Å². The summed E-state index contributed by atoms with van der Waals surface area (Å²) < 4.78 is 87.5. The lowest BCUT2D eigenvalue weighted by atomic mass is 10.1. The van der Waals surface area contributed by atoms with Gasteiger partial charge in [0.25, 0.3) is 5.91 Å². The van der Waals surface area contributed by atoms with Gasteiger partial charge >= 0.3 is 22.6 Å². The summed E-state index contributed by atoms with van der Waals surface area (Å²) in [7, 11) is -3.72. The second kappa shape index (κ2) is 12.6. The molecule has 0 radical (unpaired) electrons. The topological polar surface area (TPSA) is 162 Å². The van der Waals surface area contributed by atoms with Gasteiger partial charge < -0.3 is 19.5 Å². The van der Waals surface area contributed by atoms with Crippen LogP contribution < -0.4 is 19.5 Å². The first-order valence-corrected chi connectivity index (χ1v) is 16.3. The van der Waals surface area contributed by atoms with Crippen LogP contribution in [0.2, 0.25) is 0 Å². The molecule has 260 valence electrons. The van der Waals surface area contributed by atoms with Crippen molar-refractivity contribution in [3.05, 3.63) is 30.5 Å². The van der Waals surface area contributed by atoms with Gasteiger partial charge in [0.1, 0.15) is 29.0 Å². The van der Waals surface area contributed by atoms with E-state index >= 15 is 0 Å². The summed E-state index contributed by atoms with van der Waals surface area (Å²) in [5, 5.41) is 4.00. The van der Waals surface area contributed by atoms with Crippen LogP contribution >= 0.6 is 0 Å². The molecule has 4 atom stereocenters. The summed E-state index contributed by atoms with van der Waals surface area (Å²) in [6.45, 7) is 7.54. The molecule has 2 heterocycles. The Kier molecular flexibility index (Phi) is 9.67. The standard InChI is InChI=1S/C30H39F3N4O9S/c1-8-18-15-29(18,25(39)36-47(41,42)46-28(5,6)30(31,32)33)35-23(38)22-14-20(16-37(22)26(40)45-27(2,3)4)44-24-21-10-9-19(43-7)13-17(21)11-12-34-24/h9-13,18,20,22H,8,14-16H2,1-7H3,(H,35,38)(H,36,39). The molecular formula is C30H39F3N4O9S. The monoisotopic (exact) mass is 688 g/mol. The molecule has 1 aliphatic heterocycles. The van der Waals surface area contributed by atoms with Crippen molar-refractivity contribution in [1.82, 2.24) is 19.9 Å². The van der Waals surface area contributed by atoms with Crippen LogP contribution in [0.5, 0.6) is 11.6 Å². The quantitative estimate of drug-likeness (QED) is 0.373. The van der Waals surface area contributed by atoms with Gasteiger partial charge in [-0.3, -0.25) is 14.5 Å². The lowest BCUT2D eigenvalue weighted by Crippen LogP contribution is -2.57. The number of fused-ring (bicyclic) bond motifs is 1. The maximum Gasteiger partial charge on any atom is 0.418 e. The SMILES string of the molecule is CCC1CC1(NC(=O)C1CC(Oc2nccc3cc(OC)ccc23)CN1C(=O)OC(C)(C)C)C(=O)NS(=O)(=O)OC(C)(C)C(F)(F)F. The zero-order chi connectivity index (χ0) is 35.2. The van der Waals surface area contributed by atoms with E-state index in [-0.39, 0.29) is 25.3 Å². The molecule has 4 unspecified atom stereocenters. The number of carbonyl (C=O) groups excluding carboxylic acids is 3. The average molecular weight is 689 g/mol. The first-order valence-electron chi connectivity index (χ1n) is 14.9. The van der Waals surface area contributed by atoms with Crippen molar-refractivity contribution >= 4 is 39.0 Å². The first kappa shape index (κ1) is 36.0. The summed E-state index contributed by atoms with van der Waals surface area (Å²) in [5.41, 5.74) is -5.84. The number of rotatable bonds is 10. The summed E-state index contributed by atoms with van der Waals surface area (Å²) in [6.07, 6.45) is -4.82. The van der Waals surface area contributed by atoms with E-state index in [1.807, 2.05) is 0 Å². The molecule has 0 bridgehead atoms. The third-order valence-electron chi connectivity index (χ3n) is 7.97. The fourth-order valence-corrected chi connectivity index (χ4v) is 6.42. The molecule has 2 N–H and O–H groups in total. The van der Waals surface area contributed by atoms with Gasteiger partial charge in [0.05, 0.1) is 13.7 Å². The van der Waals surface area contributed by atoms with E-state index in [0.29, 0.717) is 31.4 Å². The summed E-state index contributed by atoms with van der Waals surface area (Å²) in [5.74, 6) is -1.75. The number of hydrogen-bond acceptors (Lipinski definition) is 10. The highest BCUT2D eigenvalue weighted by Gasteiger charge is 2.62. The molecule has 17 heteroatoms. The number of aromatic nitrogens is 1. The Morgan fingerprint density at radius 2 is 1.79 bits per heavy atom. The number of benzene rings is 1. The highest BCUT2D eigenvalue weighted by Crippen LogP contribution is 2.47. The predicted octanol–water partition coefficient (Wildman–Crippen LogP) is 4.00. The fraction of sp³-hybridized carbons (Fsp3) is 0.600. The highest BCUT2D eigenvalue weighted by molar-refractivity contribution is 7.85. The number of nitrogens with one attached hydrogen (secondary N) is 2. The second-order valence-corrected chi connectivity index (χ2v) is 14.4. The number of halogens is 3. The van der Waals surface area contributed by atoms with Gasteiger partial charge in [-0.1, -0.05) is 13.3 Å². The normalized spacial score (nSPS) is 23.3. The fourth-order valence-electron chi connectivity index (χ4n) is 5.32. The van der Waals surface area contributed by atoms with E-state index in [9.17, 15) is 36.0 Å². The van der Waals surface area contributed by atoms with Crippen LogP contribution in [0.1, 0.15) is 60.8 Å². The number of pyridine rings is 1.